The summed E-state index contributed by atoms with van der Waals surface area (Å²) in [5, 5.41) is 10.9. The van der Waals surface area contributed by atoms with Gasteiger partial charge in [-0.05, 0) is 51.1 Å². The molecule has 6 nitrogen and oxygen atoms in total. The molecule has 2 saturated heterocycles. The van der Waals surface area contributed by atoms with Crippen molar-refractivity contribution in [3.63, 3.8) is 0 Å². The van der Waals surface area contributed by atoms with Gasteiger partial charge in [-0.2, -0.15) is 5.10 Å². The number of hydrogen-bond acceptors (Lipinski definition) is 4. The molecule has 0 spiro atoms. The van der Waals surface area contributed by atoms with Crippen molar-refractivity contribution in [2.24, 2.45) is 13.0 Å². The molecule has 1 unspecified atom stereocenters. The van der Waals surface area contributed by atoms with E-state index in [2.05, 4.69) is 20.6 Å². The molecule has 128 valence electrons. The Morgan fingerprint density at radius 2 is 2.22 bits per heavy atom. The maximum atomic E-state index is 12.2. The molecule has 3 heterocycles. The fraction of sp³-hybridized carbons (Fsp3) is 0.765. The van der Waals surface area contributed by atoms with Crippen LogP contribution in [0, 0.1) is 5.92 Å². The quantitative estimate of drug-likeness (QED) is 0.858. The molecule has 0 saturated carbocycles. The van der Waals surface area contributed by atoms with Gasteiger partial charge in [0.25, 0.3) is 0 Å². The van der Waals surface area contributed by atoms with Crippen LogP contribution in [-0.4, -0.2) is 47.9 Å². The maximum absolute atomic E-state index is 12.2. The third-order valence-electron chi connectivity index (χ3n) is 5.08. The van der Waals surface area contributed by atoms with E-state index in [1.54, 1.807) is 0 Å². The lowest BCUT2D eigenvalue weighted by Gasteiger charge is -2.34. The SMILES string of the molecule is Cn1cc(N2CCCC(NC(=O)CCC3CCNCC3)C2)cn1. The van der Waals surface area contributed by atoms with Crippen LogP contribution < -0.4 is 15.5 Å². The van der Waals surface area contributed by atoms with Crippen LogP contribution in [-0.2, 0) is 11.8 Å². The first kappa shape index (κ1) is 16.3. The zero-order chi connectivity index (χ0) is 16.1. The number of carbonyl (C=O) groups is 1. The van der Waals surface area contributed by atoms with E-state index >= 15 is 0 Å². The van der Waals surface area contributed by atoms with Crippen LogP contribution in [0.25, 0.3) is 0 Å². The molecule has 2 N–H and O–H groups in total. The normalized spacial score (nSPS) is 23.0. The topological polar surface area (TPSA) is 62.2 Å². The number of amides is 1. The zero-order valence-corrected chi connectivity index (χ0v) is 14.1. The second-order valence-electron chi connectivity index (χ2n) is 6.96. The van der Waals surface area contributed by atoms with Gasteiger partial charge in [0.15, 0.2) is 0 Å². The fourth-order valence-corrected chi connectivity index (χ4v) is 3.71. The third kappa shape index (κ3) is 4.70. The molecule has 23 heavy (non-hydrogen) atoms. The van der Waals surface area contributed by atoms with Crippen molar-refractivity contribution in [3.8, 4) is 0 Å². The number of aromatic nitrogens is 2. The second kappa shape index (κ2) is 7.81. The summed E-state index contributed by atoms with van der Waals surface area (Å²) in [5.74, 6) is 0.946. The predicted molar refractivity (Wildman–Crippen MR) is 91.4 cm³/mol. The fourth-order valence-electron chi connectivity index (χ4n) is 3.71. The maximum Gasteiger partial charge on any atom is 0.220 e. The van der Waals surface area contributed by atoms with Crippen molar-refractivity contribution < 1.29 is 4.79 Å². The van der Waals surface area contributed by atoms with E-state index < -0.39 is 0 Å². The summed E-state index contributed by atoms with van der Waals surface area (Å²) >= 11 is 0. The highest BCUT2D eigenvalue weighted by Crippen LogP contribution is 2.20. The molecule has 2 fully saturated rings. The lowest BCUT2D eigenvalue weighted by atomic mass is 9.93. The molecular formula is C17H29N5O. The van der Waals surface area contributed by atoms with E-state index in [0.29, 0.717) is 6.42 Å². The Labute approximate surface area is 138 Å². The Bertz CT molecular complexity index is 509. The molecule has 0 aromatic carbocycles. The molecule has 1 amide bonds. The summed E-state index contributed by atoms with van der Waals surface area (Å²) in [7, 11) is 1.94. The van der Waals surface area contributed by atoms with Crippen LogP contribution in [0.15, 0.2) is 12.4 Å². The second-order valence-corrected chi connectivity index (χ2v) is 6.96. The van der Waals surface area contributed by atoms with Gasteiger partial charge >= 0.3 is 0 Å². The van der Waals surface area contributed by atoms with Gasteiger partial charge in [0.05, 0.1) is 11.9 Å². The summed E-state index contributed by atoms with van der Waals surface area (Å²) in [5.41, 5.74) is 1.15. The highest BCUT2D eigenvalue weighted by Gasteiger charge is 2.23. The Morgan fingerprint density at radius 1 is 1.39 bits per heavy atom. The number of carbonyl (C=O) groups excluding carboxylic acids is 1. The van der Waals surface area contributed by atoms with Crippen molar-refractivity contribution >= 4 is 11.6 Å². The highest BCUT2D eigenvalue weighted by molar-refractivity contribution is 5.76. The minimum atomic E-state index is 0.224. The molecule has 1 aromatic heterocycles. The molecule has 1 atom stereocenters. The van der Waals surface area contributed by atoms with Gasteiger partial charge in [-0.15, -0.1) is 0 Å². The standard InChI is InChI=1S/C17H29N5O/c1-21-13-16(11-19-21)22-10-2-3-15(12-22)20-17(23)5-4-14-6-8-18-9-7-14/h11,13-15,18H,2-10,12H2,1H3,(H,20,23). The average molecular weight is 319 g/mol. The number of hydrogen-bond donors (Lipinski definition) is 2. The number of rotatable bonds is 5. The summed E-state index contributed by atoms with van der Waals surface area (Å²) in [6.07, 6.45) is 10.3. The number of aryl methyl sites for hydroxylation is 1. The molecule has 3 rings (SSSR count). The minimum absolute atomic E-state index is 0.224. The summed E-state index contributed by atoms with van der Waals surface area (Å²) < 4.78 is 1.83. The number of nitrogens with one attached hydrogen (secondary N) is 2. The number of piperidine rings is 2. The molecule has 0 aliphatic carbocycles. The summed E-state index contributed by atoms with van der Waals surface area (Å²) in [6.45, 7) is 4.15. The largest absolute Gasteiger partial charge is 0.367 e. The number of nitrogens with zero attached hydrogens (tertiary/aromatic N) is 3. The van der Waals surface area contributed by atoms with Crippen LogP contribution in [0.1, 0.15) is 38.5 Å². The third-order valence-corrected chi connectivity index (χ3v) is 5.08. The molecule has 6 heteroatoms. The summed E-state index contributed by atoms with van der Waals surface area (Å²) in [6, 6.07) is 0.268. The van der Waals surface area contributed by atoms with Gasteiger partial charge in [0.1, 0.15) is 0 Å². The van der Waals surface area contributed by atoms with Gasteiger partial charge in [0.2, 0.25) is 5.91 Å². The first-order chi connectivity index (χ1) is 11.2. The van der Waals surface area contributed by atoms with E-state index in [0.717, 1.165) is 57.0 Å². The van der Waals surface area contributed by atoms with Crippen molar-refractivity contribution in [1.82, 2.24) is 20.4 Å². The van der Waals surface area contributed by atoms with Crippen molar-refractivity contribution in [2.75, 3.05) is 31.1 Å². The minimum Gasteiger partial charge on any atom is -0.367 e. The molecule has 0 radical (unpaired) electrons. The summed E-state index contributed by atoms with van der Waals surface area (Å²) in [4.78, 5) is 14.6. The lowest BCUT2D eigenvalue weighted by molar-refractivity contribution is -0.122. The lowest BCUT2D eigenvalue weighted by Crippen LogP contribution is -2.47. The van der Waals surface area contributed by atoms with E-state index in [1.165, 1.54) is 12.8 Å². The Hall–Kier alpha value is -1.56. The zero-order valence-electron chi connectivity index (χ0n) is 14.1. The first-order valence-electron chi connectivity index (χ1n) is 8.94. The smallest absolute Gasteiger partial charge is 0.220 e. The van der Waals surface area contributed by atoms with Gasteiger partial charge in [-0.25, -0.2) is 0 Å². The molecule has 2 aliphatic rings. The van der Waals surface area contributed by atoms with Crippen molar-refractivity contribution in [3.05, 3.63) is 12.4 Å². The van der Waals surface area contributed by atoms with Crippen molar-refractivity contribution in [2.45, 2.75) is 44.6 Å². The predicted octanol–water partition coefficient (Wildman–Crippen LogP) is 1.28. The first-order valence-corrected chi connectivity index (χ1v) is 8.94. The van der Waals surface area contributed by atoms with E-state index in [1.807, 2.05) is 24.1 Å². The molecule has 0 bridgehead atoms. The monoisotopic (exact) mass is 319 g/mol. The Kier molecular flexibility index (Phi) is 5.54. The Morgan fingerprint density at radius 3 is 2.96 bits per heavy atom. The molecule has 1 aromatic rings. The van der Waals surface area contributed by atoms with Gasteiger partial charge in [-0.3, -0.25) is 9.48 Å². The van der Waals surface area contributed by atoms with Gasteiger partial charge in [0, 0.05) is 38.8 Å². The van der Waals surface area contributed by atoms with Crippen LogP contribution in [0.2, 0.25) is 0 Å². The van der Waals surface area contributed by atoms with Gasteiger partial charge in [-0.1, -0.05) is 0 Å². The van der Waals surface area contributed by atoms with Crippen molar-refractivity contribution in [1.29, 1.82) is 0 Å². The molecular weight excluding hydrogens is 290 g/mol. The van der Waals surface area contributed by atoms with E-state index in [9.17, 15) is 4.79 Å². The van der Waals surface area contributed by atoms with Crippen LogP contribution >= 0.6 is 0 Å². The number of anilines is 1. The van der Waals surface area contributed by atoms with Crippen LogP contribution in [0.3, 0.4) is 0 Å². The van der Waals surface area contributed by atoms with Gasteiger partial charge < -0.3 is 15.5 Å². The molecule has 2 aliphatic heterocycles. The Balaban J connectivity index is 1.42. The van der Waals surface area contributed by atoms with E-state index in [4.69, 9.17) is 0 Å². The van der Waals surface area contributed by atoms with Crippen LogP contribution in [0.5, 0.6) is 0 Å². The average Bonchev–Trinajstić information content (AvgIpc) is 3.01. The van der Waals surface area contributed by atoms with Crippen LogP contribution in [0.4, 0.5) is 5.69 Å². The van der Waals surface area contributed by atoms with E-state index in [-0.39, 0.29) is 11.9 Å². The highest BCUT2D eigenvalue weighted by atomic mass is 16.1.